The van der Waals surface area contributed by atoms with E-state index in [0.717, 1.165) is 10.1 Å². The summed E-state index contributed by atoms with van der Waals surface area (Å²) in [6.07, 6.45) is -0.363. The van der Waals surface area contributed by atoms with Crippen molar-refractivity contribution in [3.8, 4) is 22.6 Å². The first-order valence-electron chi connectivity index (χ1n) is 9.01. The molecule has 0 aliphatic heterocycles. The van der Waals surface area contributed by atoms with Crippen molar-refractivity contribution in [2.45, 2.75) is 13.0 Å². The molecule has 8 nitrogen and oxygen atoms in total. The number of benzene rings is 2. The number of nitrogens with one attached hydrogen (secondary N) is 1. The molecule has 0 unspecified atom stereocenters. The monoisotopic (exact) mass is 425 g/mol. The highest BCUT2D eigenvalue weighted by Gasteiger charge is 2.17. The minimum Gasteiger partial charge on any atom is -0.507 e. The highest BCUT2D eigenvalue weighted by Crippen LogP contribution is 2.30. The number of phenolic OH excluding ortho intramolecular Hbond substituents is 1. The molecule has 0 saturated heterocycles. The number of rotatable bonds is 5. The van der Waals surface area contributed by atoms with Gasteiger partial charge in [-0.2, -0.15) is 0 Å². The van der Waals surface area contributed by atoms with Crippen LogP contribution >= 0.6 is 11.6 Å². The van der Waals surface area contributed by atoms with Crippen LogP contribution in [0.4, 0.5) is 0 Å². The second-order valence-electron chi connectivity index (χ2n) is 6.66. The predicted molar refractivity (Wildman–Crippen MR) is 113 cm³/mol. The van der Waals surface area contributed by atoms with Crippen molar-refractivity contribution in [1.29, 1.82) is 0 Å². The van der Waals surface area contributed by atoms with Gasteiger partial charge < -0.3 is 15.2 Å². The number of hydrogen-bond donors (Lipinski definition) is 3. The van der Waals surface area contributed by atoms with Gasteiger partial charge in [0.15, 0.2) is 0 Å². The summed E-state index contributed by atoms with van der Waals surface area (Å²) in [6, 6.07) is 15.4. The summed E-state index contributed by atoms with van der Waals surface area (Å²) in [5.74, 6) is -0.969. The molecule has 4 aromatic rings. The van der Waals surface area contributed by atoms with Crippen LogP contribution in [0.25, 0.3) is 27.8 Å². The highest BCUT2D eigenvalue weighted by molar-refractivity contribution is 6.31. The summed E-state index contributed by atoms with van der Waals surface area (Å²) < 4.78 is 2.33. The third-order valence-corrected chi connectivity index (χ3v) is 5.06. The van der Waals surface area contributed by atoms with Crippen molar-refractivity contribution in [2.75, 3.05) is 0 Å². The summed E-state index contributed by atoms with van der Waals surface area (Å²) in [7, 11) is 0. The summed E-state index contributed by atoms with van der Waals surface area (Å²) in [5, 5.41) is 19.1. The Morgan fingerprint density at radius 1 is 1.07 bits per heavy atom. The molecule has 0 aliphatic carbocycles. The van der Waals surface area contributed by atoms with E-state index in [1.54, 1.807) is 42.5 Å². The standard InChI is InChI=1S/C21H16ClN3O5/c22-17-11-15-19(20(29)24(21(30)23-15)10-9-18(27)28)25(17)13-7-5-12(6-8-13)14-3-1-2-4-16(14)26/h1-8,11,26H,9-10H2,(H,23,30)(H,27,28). The van der Waals surface area contributed by atoms with E-state index < -0.39 is 17.2 Å². The number of carboxylic acid groups (broad SMARTS) is 1. The fraction of sp³-hybridized carbons (Fsp3) is 0.0952. The third kappa shape index (κ3) is 3.37. The second kappa shape index (κ2) is 7.57. The zero-order chi connectivity index (χ0) is 21.4. The number of fused-ring (bicyclic) bond motifs is 1. The van der Waals surface area contributed by atoms with Crippen LogP contribution in [0.3, 0.4) is 0 Å². The van der Waals surface area contributed by atoms with Gasteiger partial charge in [0.1, 0.15) is 16.4 Å². The molecule has 0 aliphatic rings. The number of aromatic hydroxyl groups is 1. The maximum absolute atomic E-state index is 12.9. The molecule has 2 aromatic carbocycles. The number of para-hydroxylation sites is 1. The molecule has 0 fully saturated rings. The Kier molecular flexibility index (Phi) is 4.93. The lowest BCUT2D eigenvalue weighted by molar-refractivity contribution is -0.137. The van der Waals surface area contributed by atoms with Crippen LogP contribution in [0.2, 0.25) is 5.15 Å². The van der Waals surface area contributed by atoms with Gasteiger partial charge in [-0.15, -0.1) is 0 Å². The number of halogens is 1. The van der Waals surface area contributed by atoms with Gasteiger partial charge >= 0.3 is 11.7 Å². The molecule has 0 atom stereocenters. The number of hydrogen-bond acceptors (Lipinski definition) is 4. The van der Waals surface area contributed by atoms with Crippen molar-refractivity contribution < 1.29 is 15.0 Å². The minimum atomic E-state index is -1.12. The number of aromatic nitrogens is 3. The molecule has 0 saturated carbocycles. The first kappa shape index (κ1) is 19.5. The first-order valence-corrected chi connectivity index (χ1v) is 9.39. The van der Waals surface area contributed by atoms with Crippen LogP contribution in [0.1, 0.15) is 6.42 Å². The van der Waals surface area contributed by atoms with Crippen molar-refractivity contribution in [2.24, 2.45) is 0 Å². The maximum Gasteiger partial charge on any atom is 0.328 e. The Morgan fingerprint density at radius 3 is 2.43 bits per heavy atom. The summed E-state index contributed by atoms with van der Waals surface area (Å²) >= 11 is 6.35. The van der Waals surface area contributed by atoms with Gasteiger partial charge in [-0.25, -0.2) is 4.79 Å². The molecular weight excluding hydrogens is 410 g/mol. The fourth-order valence-corrected chi connectivity index (χ4v) is 3.65. The molecule has 0 bridgehead atoms. The molecule has 9 heteroatoms. The van der Waals surface area contributed by atoms with Crippen LogP contribution < -0.4 is 11.2 Å². The van der Waals surface area contributed by atoms with Gasteiger partial charge in [-0.3, -0.25) is 18.7 Å². The lowest BCUT2D eigenvalue weighted by Crippen LogP contribution is -2.36. The Labute approximate surface area is 174 Å². The van der Waals surface area contributed by atoms with Gasteiger partial charge in [0.2, 0.25) is 0 Å². The molecule has 152 valence electrons. The first-order chi connectivity index (χ1) is 14.4. The quantitative estimate of drug-likeness (QED) is 0.454. The van der Waals surface area contributed by atoms with Gasteiger partial charge in [-0.1, -0.05) is 41.9 Å². The topological polar surface area (TPSA) is 117 Å². The number of carbonyl (C=O) groups is 1. The SMILES string of the molecule is O=C(O)CCn1c(=O)[nH]c2cc(Cl)n(-c3ccc(-c4ccccc4O)cc3)c2c1=O. The van der Waals surface area contributed by atoms with Gasteiger partial charge in [0, 0.05) is 17.8 Å². The van der Waals surface area contributed by atoms with E-state index in [4.69, 9.17) is 16.7 Å². The average molecular weight is 426 g/mol. The van der Waals surface area contributed by atoms with Crippen LogP contribution in [0.15, 0.2) is 64.2 Å². The lowest BCUT2D eigenvalue weighted by Gasteiger charge is -2.10. The number of phenols is 1. The average Bonchev–Trinajstić information content (AvgIpc) is 3.04. The van der Waals surface area contributed by atoms with Crippen molar-refractivity contribution >= 4 is 28.6 Å². The molecule has 4 rings (SSSR count). The van der Waals surface area contributed by atoms with E-state index in [1.165, 1.54) is 10.6 Å². The number of aromatic amines is 1. The molecule has 2 heterocycles. The van der Waals surface area contributed by atoms with Gasteiger partial charge in [-0.05, 0) is 29.8 Å². The zero-order valence-corrected chi connectivity index (χ0v) is 16.3. The smallest absolute Gasteiger partial charge is 0.328 e. The number of carboxylic acids is 1. The van der Waals surface area contributed by atoms with Crippen molar-refractivity contribution in [3.63, 3.8) is 0 Å². The van der Waals surface area contributed by atoms with E-state index in [-0.39, 0.29) is 34.9 Å². The van der Waals surface area contributed by atoms with E-state index in [2.05, 4.69) is 4.98 Å². The van der Waals surface area contributed by atoms with Crippen molar-refractivity contribution in [1.82, 2.24) is 14.1 Å². The molecule has 2 aromatic heterocycles. The number of H-pyrrole nitrogens is 1. The molecule has 0 amide bonds. The van der Waals surface area contributed by atoms with Gasteiger partial charge in [0.25, 0.3) is 5.56 Å². The lowest BCUT2D eigenvalue weighted by atomic mass is 10.0. The van der Waals surface area contributed by atoms with Crippen molar-refractivity contribution in [3.05, 3.63) is 80.6 Å². The molecule has 3 N–H and O–H groups in total. The molecule has 30 heavy (non-hydrogen) atoms. The van der Waals surface area contributed by atoms with Crippen LogP contribution in [0.5, 0.6) is 5.75 Å². The van der Waals surface area contributed by atoms with E-state index in [1.807, 2.05) is 6.07 Å². The number of aliphatic carboxylic acids is 1. The second-order valence-corrected chi connectivity index (χ2v) is 7.05. The predicted octanol–water partition coefficient (Wildman–Crippen LogP) is 2.98. The molecule has 0 radical (unpaired) electrons. The van der Waals surface area contributed by atoms with Crippen LogP contribution in [-0.2, 0) is 11.3 Å². The molecular formula is C21H16ClN3O5. The normalized spacial score (nSPS) is 11.1. The van der Waals surface area contributed by atoms with E-state index in [0.29, 0.717) is 11.3 Å². The Bertz CT molecular complexity index is 1380. The van der Waals surface area contributed by atoms with Gasteiger partial charge in [0.05, 0.1) is 11.9 Å². The van der Waals surface area contributed by atoms with Crippen LogP contribution in [0, 0.1) is 0 Å². The van der Waals surface area contributed by atoms with E-state index in [9.17, 15) is 19.5 Å². The fourth-order valence-electron chi connectivity index (χ4n) is 3.36. The Balaban J connectivity index is 1.85. The van der Waals surface area contributed by atoms with E-state index >= 15 is 0 Å². The maximum atomic E-state index is 12.9. The highest BCUT2D eigenvalue weighted by atomic mass is 35.5. The summed E-state index contributed by atoms with van der Waals surface area (Å²) in [4.78, 5) is 38.6. The number of nitrogens with zero attached hydrogens (tertiary/aromatic N) is 2. The minimum absolute atomic E-state index is 0.139. The third-order valence-electron chi connectivity index (χ3n) is 4.78. The molecule has 0 spiro atoms. The largest absolute Gasteiger partial charge is 0.507 e. The Hall–Kier alpha value is -3.78. The Morgan fingerprint density at radius 2 is 1.77 bits per heavy atom. The van der Waals surface area contributed by atoms with Crippen LogP contribution in [-0.4, -0.2) is 30.3 Å². The summed E-state index contributed by atoms with van der Waals surface area (Å²) in [6.45, 7) is -0.255. The summed E-state index contributed by atoms with van der Waals surface area (Å²) in [5.41, 5.74) is 1.07. The zero-order valence-electron chi connectivity index (χ0n) is 15.5.